The molecule has 0 aromatic heterocycles. The van der Waals surface area contributed by atoms with Crippen LogP contribution in [-0.2, 0) is 11.0 Å². The maximum atomic E-state index is 13.9. The van der Waals surface area contributed by atoms with Crippen LogP contribution in [0.5, 0.6) is 11.5 Å². The van der Waals surface area contributed by atoms with Crippen LogP contribution in [0.15, 0.2) is 36.4 Å². The smallest absolute Gasteiger partial charge is 0.192 e. The molecule has 26 heavy (non-hydrogen) atoms. The lowest BCUT2D eigenvalue weighted by molar-refractivity contribution is 0.275. The molecule has 0 aliphatic rings. The van der Waals surface area contributed by atoms with Crippen LogP contribution in [0.4, 0.5) is 4.39 Å². The van der Waals surface area contributed by atoms with E-state index in [-0.39, 0.29) is 15.8 Å². The maximum absolute atomic E-state index is 13.9. The van der Waals surface area contributed by atoms with Gasteiger partial charge in [0.1, 0.15) is 5.75 Å². The van der Waals surface area contributed by atoms with Crippen molar-refractivity contribution in [3.63, 3.8) is 0 Å². The van der Waals surface area contributed by atoms with Crippen LogP contribution in [-0.4, -0.2) is 8.32 Å². The number of ether oxygens (including phenoxy) is 1. The third-order valence-corrected chi connectivity index (χ3v) is 9.51. The third kappa shape index (κ3) is 4.64. The molecule has 0 bridgehead atoms. The lowest BCUT2D eigenvalue weighted by Gasteiger charge is -2.36. The summed E-state index contributed by atoms with van der Waals surface area (Å²) < 4.78 is 25.8. The lowest BCUT2D eigenvalue weighted by Crippen LogP contribution is -2.40. The molecular weight excluding hydrogens is 369 g/mol. The first-order valence-corrected chi connectivity index (χ1v) is 11.6. The Kier molecular flexibility index (Phi) is 6.12. The number of nitrogens with zero attached hydrogens (tertiary/aromatic N) is 1. The average molecular weight is 392 g/mol. The summed E-state index contributed by atoms with van der Waals surface area (Å²) in [4.78, 5) is 0. The van der Waals surface area contributed by atoms with Crippen LogP contribution in [0, 0.1) is 17.1 Å². The van der Waals surface area contributed by atoms with E-state index in [1.165, 1.54) is 12.1 Å². The Morgan fingerprint density at radius 2 is 1.88 bits per heavy atom. The molecule has 0 aliphatic heterocycles. The van der Waals surface area contributed by atoms with E-state index in [0.29, 0.717) is 23.5 Å². The van der Waals surface area contributed by atoms with E-state index in [4.69, 9.17) is 20.8 Å². The highest BCUT2D eigenvalue weighted by molar-refractivity contribution is 6.74. The van der Waals surface area contributed by atoms with Crippen LogP contribution in [0.1, 0.15) is 31.9 Å². The molecule has 3 nitrogen and oxygen atoms in total. The number of halogens is 2. The molecule has 0 heterocycles. The second kappa shape index (κ2) is 7.79. The van der Waals surface area contributed by atoms with Gasteiger partial charge in [-0.2, -0.15) is 5.26 Å². The monoisotopic (exact) mass is 391 g/mol. The highest BCUT2D eigenvalue weighted by Crippen LogP contribution is 2.38. The number of benzene rings is 2. The first kappa shape index (κ1) is 20.4. The number of nitriles is 1. The van der Waals surface area contributed by atoms with Crippen LogP contribution < -0.4 is 4.74 Å². The van der Waals surface area contributed by atoms with Gasteiger partial charge < -0.3 is 9.16 Å². The van der Waals surface area contributed by atoms with E-state index in [1.54, 1.807) is 24.3 Å². The minimum Gasteiger partial charge on any atom is -0.453 e. The number of hydrogen-bond donors (Lipinski definition) is 0. The van der Waals surface area contributed by atoms with E-state index in [0.717, 1.165) is 0 Å². The van der Waals surface area contributed by atoms with E-state index in [2.05, 4.69) is 39.9 Å². The molecule has 0 spiro atoms. The normalized spacial score (nSPS) is 11.9. The van der Waals surface area contributed by atoms with Gasteiger partial charge >= 0.3 is 0 Å². The van der Waals surface area contributed by atoms with Crippen molar-refractivity contribution < 1.29 is 13.6 Å². The lowest BCUT2D eigenvalue weighted by atomic mass is 10.1. The minimum absolute atomic E-state index is 0.0323. The summed E-state index contributed by atoms with van der Waals surface area (Å²) in [5.74, 6) is -0.166. The van der Waals surface area contributed by atoms with Gasteiger partial charge in [0.2, 0.25) is 0 Å². The summed E-state index contributed by atoms with van der Waals surface area (Å²) >= 11 is 6.01. The summed E-state index contributed by atoms with van der Waals surface area (Å²) in [6.07, 6.45) is 0. The molecule has 0 saturated carbocycles. The molecule has 6 heteroatoms. The van der Waals surface area contributed by atoms with Crippen LogP contribution in [0.3, 0.4) is 0 Å². The van der Waals surface area contributed by atoms with Gasteiger partial charge in [-0.05, 0) is 54.0 Å². The molecule has 0 radical (unpaired) electrons. The Morgan fingerprint density at radius 1 is 1.19 bits per heavy atom. The summed E-state index contributed by atoms with van der Waals surface area (Å²) in [6.45, 7) is 11.1. The van der Waals surface area contributed by atoms with Gasteiger partial charge in [0.15, 0.2) is 19.9 Å². The molecule has 0 fully saturated rings. The quantitative estimate of drug-likeness (QED) is 0.535. The zero-order valence-corrected chi connectivity index (χ0v) is 17.4. The van der Waals surface area contributed by atoms with Crippen molar-refractivity contribution >= 4 is 19.9 Å². The second-order valence-corrected chi connectivity index (χ2v) is 12.8. The Labute approximate surface area is 160 Å². The molecule has 138 valence electrons. The second-order valence-electron chi connectivity index (χ2n) is 7.63. The molecule has 2 aromatic carbocycles. The van der Waals surface area contributed by atoms with Gasteiger partial charge in [0, 0.05) is 0 Å². The van der Waals surface area contributed by atoms with Gasteiger partial charge in [-0.3, -0.25) is 0 Å². The van der Waals surface area contributed by atoms with Crippen LogP contribution >= 0.6 is 11.6 Å². The number of rotatable bonds is 5. The maximum Gasteiger partial charge on any atom is 0.192 e. The van der Waals surface area contributed by atoms with E-state index < -0.39 is 14.1 Å². The van der Waals surface area contributed by atoms with E-state index in [1.807, 2.05) is 0 Å². The van der Waals surface area contributed by atoms with Gasteiger partial charge in [0.05, 0.1) is 23.3 Å². The first-order valence-electron chi connectivity index (χ1n) is 8.34. The molecule has 0 unspecified atom stereocenters. The van der Waals surface area contributed by atoms with Gasteiger partial charge in [-0.15, -0.1) is 0 Å². The van der Waals surface area contributed by atoms with Crippen molar-refractivity contribution in [2.24, 2.45) is 0 Å². The predicted molar refractivity (Wildman–Crippen MR) is 105 cm³/mol. The zero-order chi connectivity index (χ0) is 19.5. The highest BCUT2D eigenvalue weighted by atomic mass is 35.5. The molecular formula is C20H23ClFNO2Si. The number of hydrogen-bond acceptors (Lipinski definition) is 3. The van der Waals surface area contributed by atoms with Gasteiger partial charge in [-0.1, -0.05) is 38.4 Å². The highest BCUT2D eigenvalue weighted by Gasteiger charge is 2.37. The van der Waals surface area contributed by atoms with Crippen LogP contribution in [0.2, 0.25) is 23.2 Å². The molecule has 0 saturated heterocycles. The molecule has 0 amide bonds. The van der Waals surface area contributed by atoms with Crippen molar-refractivity contribution in [1.82, 2.24) is 0 Å². The summed E-state index contributed by atoms with van der Waals surface area (Å²) in [5, 5.41) is 9.61. The van der Waals surface area contributed by atoms with Gasteiger partial charge in [0.25, 0.3) is 0 Å². The average Bonchev–Trinajstić information content (AvgIpc) is 2.55. The summed E-state index contributed by atoms with van der Waals surface area (Å²) in [7, 11) is -1.96. The van der Waals surface area contributed by atoms with E-state index >= 15 is 0 Å². The summed E-state index contributed by atoms with van der Waals surface area (Å²) in [5.41, 5.74) is 1.22. The van der Waals surface area contributed by atoms with Crippen molar-refractivity contribution in [1.29, 1.82) is 5.26 Å². The van der Waals surface area contributed by atoms with Crippen molar-refractivity contribution in [3.8, 4) is 17.6 Å². The molecule has 0 atom stereocenters. The summed E-state index contributed by atoms with van der Waals surface area (Å²) in [6, 6.07) is 11.5. The fourth-order valence-corrected chi connectivity index (χ4v) is 3.19. The molecule has 2 rings (SSSR count). The molecule has 0 aliphatic carbocycles. The molecule has 0 N–H and O–H groups in total. The van der Waals surface area contributed by atoms with Crippen LogP contribution in [0.25, 0.3) is 0 Å². The standard InChI is InChI=1S/C20H23ClFNO2Si/c1-20(2,3)26(4,5)24-13-15-11-16(10-9-14(15)12-23)25-19-17(21)7-6-8-18(19)22/h6-11H,13H2,1-5H3. The fraction of sp³-hybridized carbons (Fsp3) is 0.350. The topological polar surface area (TPSA) is 42.2 Å². The van der Waals surface area contributed by atoms with Crippen molar-refractivity contribution in [2.75, 3.05) is 0 Å². The predicted octanol–water partition coefficient (Wildman–Crippen LogP) is 6.66. The van der Waals surface area contributed by atoms with Gasteiger partial charge in [-0.25, -0.2) is 4.39 Å². The van der Waals surface area contributed by atoms with Crippen molar-refractivity contribution in [2.45, 2.75) is 45.5 Å². The Morgan fingerprint density at radius 3 is 2.46 bits per heavy atom. The number of para-hydroxylation sites is 1. The Hall–Kier alpha value is -1.87. The Bertz CT molecular complexity index is 820. The SMILES string of the molecule is CC(C)(C)[Si](C)(C)OCc1cc(Oc2c(F)cccc2Cl)ccc1C#N. The third-order valence-electron chi connectivity index (χ3n) is 4.73. The minimum atomic E-state index is -1.96. The Balaban J connectivity index is 2.28. The zero-order valence-electron chi connectivity index (χ0n) is 15.7. The molecule has 2 aromatic rings. The van der Waals surface area contributed by atoms with E-state index in [9.17, 15) is 9.65 Å². The fourth-order valence-electron chi connectivity index (χ4n) is 2.03. The first-order chi connectivity index (χ1) is 12.0. The largest absolute Gasteiger partial charge is 0.453 e. The van der Waals surface area contributed by atoms with Crippen molar-refractivity contribution in [3.05, 3.63) is 58.4 Å².